The van der Waals surface area contributed by atoms with Crippen LogP contribution in [0, 0.1) is 22.0 Å². The molecule has 1 aliphatic rings. The molecule has 29 heavy (non-hydrogen) atoms. The standard InChI is InChI=1S/C18H15F2N5O4/c1-18(7-8-24-9-14(25(26)27)23-17(24)29-18)10-28-15-4-2-3-12(21-15)11-5-6-13(19)22-16(11)20/h2-6,9H,7-8,10H2,1H3. The van der Waals surface area contributed by atoms with E-state index in [1.165, 1.54) is 12.3 Å². The van der Waals surface area contributed by atoms with Crippen molar-refractivity contribution in [2.24, 2.45) is 0 Å². The van der Waals surface area contributed by atoms with Gasteiger partial charge in [-0.1, -0.05) is 6.07 Å². The van der Waals surface area contributed by atoms with E-state index in [9.17, 15) is 18.9 Å². The van der Waals surface area contributed by atoms with Crippen molar-refractivity contribution in [3.05, 3.63) is 58.5 Å². The Balaban J connectivity index is 1.48. The van der Waals surface area contributed by atoms with Crippen LogP contribution in [0.3, 0.4) is 0 Å². The third-order valence-electron chi connectivity index (χ3n) is 4.47. The number of halogens is 2. The Morgan fingerprint density at radius 1 is 1.28 bits per heavy atom. The highest BCUT2D eigenvalue weighted by Gasteiger charge is 2.37. The van der Waals surface area contributed by atoms with Crippen LogP contribution in [-0.4, -0.2) is 36.7 Å². The maximum atomic E-state index is 13.9. The topological polar surface area (TPSA) is 105 Å². The number of aryl methyl sites for hydroxylation is 1. The fourth-order valence-corrected chi connectivity index (χ4v) is 2.92. The molecule has 1 aliphatic heterocycles. The lowest BCUT2D eigenvalue weighted by atomic mass is 10.0. The number of pyridine rings is 2. The summed E-state index contributed by atoms with van der Waals surface area (Å²) in [5.41, 5.74) is -0.491. The lowest BCUT2D eigenvalue weighted by Gasteiger charge is -2.32. The van der Waals surface area contributed by atoms with Gasteiger partial charge in [-0.05, 0) is 30.0 Å². The number of aromatic nitrogens is 4. The van der Waals surface area contributed by atoms with Crippen molar-refractivity contribution in [1.82, 2.24) is 19.5 Å². The van der Waals surface area contributed by atoms with E-state index < -0.39 is 22.4 Å². The number of ether oxygens (including phenoxy) is 2. The summed E-state index contributed by atoms with van der Waals surface area (Å²) < 4.78 is 40.0. The first kappa shape index (κ1) is 18.7. The van der Waals surface area contributed by atoms with Crippen molar-refractivity contribution in [2.75, 3.05) is 6.61 Å². The predicted molar refractivity (Wildman–Crippen MR) is 95.4 cm³/mol. The van der Waals surface area contributed by atoms with Crippen LogP contribution < -0.4 is 9.47 Å². The van der Waals surface area contributed by atoms with Gasteiger partial charge in [-0.15, -0.1) is 0 Å². The molecule has 9 nitrogen and oxygen atoms in total. The number of rotatable bonds is 5. The summed E-state index contributed by atoms with van der Waals surface area (Å²) in [5, 5.41) is 10.9. The number of imidazole rings is 1. The summed E-state index contributed by atoms with van der Waals surface area (Å²) in [6.45, 7) is 2.37. The maximum absolute atomic E-state index is 13.9. The first-order valence-corrected chi connectivity index (χ1v) is 8.66. The van der Waals surface area contributed by atoms with Crippen molar-refractivity contribution in [2.45, 2.75) is 25.5 Å². The van der Waals surface area contributed by atoms with Crippen LogP contribution >= 0.6 is 0 Å². The van der Waals surface area contributed by atoms with Crippen molar-refractivity contribution in [3.8, 4) is 23.1 Å². The van der Waals surface area contributed by atoms with E-state index in [1.54, 1.807) is 29.7 Å². The molecular formula is C18H15F2N5O4. The summed E-state index contributed by atoms with van der Waals surface area (Å²) in [4.78, 5) is 21.5. The molecule has 150 valence electrons. The lowest BCUT2D eigenvalue weighted by molar-refractivity contribution is -0.389. The minimum absolute atomic E-state index is 0.0475. The SMILES string of the molecule is CC1(COc2cccc(-c3ccc(F)nc3F)n2)CCn2cc([N+](=O)[O-])nc2O1. The van der Waals surface area contributed by atoms with Crippen molar-refractivity contribution in [3.63, 3.8) is 0 Å². The van der Waals surface area contributed by atoms with Crippen molar-refractivity contribution < 1.29 is 23.2 Å². The largest absolute Gasteiger partial charge is 0.473 e. The molecule has 1 unspecified atom stereocenters. The Kier molecular flexibility index (Phi) is 4.57. The second kappa shape index (κ2) is 7.08. The second-order valence-corrected chi connectivity index (χ2v) is 6.76. The van der Waals surface area contributed by atoms with Gasteiger partial charge >= 0.3 is 11.8 Å². The predicted octanol–water partition coefficient (Wildman–Crippen LogP) is 3.15. The highest BCUT2D eigenvalue weighted by molar-refractivity contribution is 5.58. The molecule has 1 atom stereocenters. The van der Waals surface area contributed by atoms with Gasteiger partial charge in [0.25, 0.3) is 0 Å². The molecule has 3 aromatic rings. The Bertz CT molecular complexity index is 1090. The molecule has 0 aliphatic carbocycles. The fourth-order valence-electron chi connectivity index (χ4n) is 2.92. The molecule has 0 N–H and O–H groups in total. The molecule has 0 radical (unpaired) electrons. The Morgan fingerprint density at radius 2 is 2.10 bits per heavy atom. The molecule has 0 spiro atoms. The van der Waals surface area contributed by atoms with E-state index in [0.717, 1.165) is 6.07 Å². The zero-order chi connectivity index (χ0) is 20.6. The molecule has 0 fully saturated rings. The minimum atomic E-state index is -0.967. The second-order valence-electron chi connectivity index (χ2n) is 6.76. The zero-order valence-electron chi connectivity index (χ0n) is 15.2. The molecule has 0 amide bonds. The Morgan fingerprint density at radius 3 is 2.86 bits per heavy atom. The van der Waals surface area contributed by atoms with Gasteiger partial charge in [-0.25, -0.2) is 4.98 Å². The smallest absolute Gasteiger partial charge is 0.414 e. The first-order valence-electron chi connectivity index (χ1n) is 8.66. The quantitative estimate of drug-likeness (QED) is 0.366. The fraction of sp³-hybridized carbons (Fsp3) is 0.278. The van der Waals surface area contributed by atoms with Gasteiger partial charge < -0.3 is 19.6 Å². The molecular weight excluding hydrogens is 388 g/mol. The van der Waals surface area contributed by atoms with Gasteiger partial charge in [-0.2, -0.15) is 13.8 Å². The van der Waals surface area contributed by atoms with Gasteiger partial charge in [0.15, 0.2) is 0 Å². The monoisotopic (exact) mass is 403 g/mol. The number of fused-ring (bicyclic) bond motifs is 1. The van der Waals surface area contributed by atoms with Crippen LogP contribution in [0.2, 0.25) is 0 Å². The number of nitrogens with zero attached hydrogens (tertiary/aromatic N) is 5. The third-order valence-corrected chi connectivity index (χ3v) is 4.47. The third kappa shape index (κ3) is 3.84. The number of nitro groups is 1. The Hall–Kier alpha value is -3.63. The average molecular weight is 403 g/mol. The highest BCUT2D eigenvalue weighted by Crippen LogP contribution is 2.30. The van der Waals surface area contributed by atoms with Crippen LogP contribution in [0.1, 0.15) is 13.3 Å². The summed E-state index contributed by atoms with van der Waals surface area (Å²) in [5.74, 6) is -1.95. The van der Waals surface area contributed by atoms with Gasteiger partial charge in [-0.3, -0.25) is 4.57 Å². The lowest BCUT2D eigenvalue weighted by Crippen LogP contribution is -2.43. The molecule has 3 aromatic heterocycles. The summed E-state index contributed by atoms with van der Waals surface area (Å²) in [6, 6.07) is 7.22. The molecule has 0 saturated heterocycles. The summed E-state index contributed by atoms with van der Waals surface area (Å²) in [7, 11) is 0. The molecule has 11 heteroatoms. The molecule has 0 aromatic carbocycles. The normalized spacial score (nSPS) is 18.0. The minimum Gasteiger partial charge on any atom is -0.473 e. The first-order chi connectivity index (χ1) is 13.8. The Labute approximate surface area is 163 Å². The van der Waals surface area contributed by atoms with Gasteiger partial charge in [0.1, 0.15) is 18.4 Å². The average Bonchev–Trinajstić information content (AvgIpc) is 3.10. The van der Waals surface area contributed by atoms with Gasteiger partial charge in [0.2, 0.25) is 17.8 Å². The van der Waals surface area contributed by atoms with Crippen LogP contribution in [0.4, 0.5) is 14.6 Å². The van der Waals surface area contributed by atoms with E-state index in [-0.39, 0.29) is 35.6 Å². The summed E-state index contributed by atoms with van der Waals surface area (Å²) in [6.07, 6.45) is 1.86. The van der Waals surface area contributed by atoms with Crippen LogP contribution in [0.5, 0.6) is 11.9 Å². The van der Waals surface area contributed by atoms with Crippen molar-refractivity contribution >= 4 is 5.82 Å². The summed E-state index contributed by atoms with van der Waals surface area (Å²) >= 11 is 0. The zero-order valence-corrected chi connectivity index (χ0v) is 15.2. The van der Waals surface area contributed by atoms with Crippen LogP contribution in [-0.2, 0) is 6.54 Å². The number of hydrogen-bond donors (Lipinski definition) is 0. The van der Waals surface area contributed by atoms with Crippen LogP contribution in [0.15, 0.2) is 36.5 Å². The van der Waals surface area contributed by atoms with E-state index in [2.05, 4.69) is 15.0 Å². The van der Waals surface area contributed by atoms with E-state index in [1.807, 2.05) is 0 Å². The van der Waals surface area contributed by atoms with E-state index in [4.69, 9.17) is 9.47 Å². The molecule has 4 rings (SSSR count). The highest BCUT2D eigenvalue weighted by atomic mass is 19.1. The van der Waals surface area contributed by atoms with E-state index in [0.29, 0.717) is 13.0 Å². The number of hydrogen-bond acceptors (Lipinski definition) is 7. The van der Waals surface area contributed by atoms with Crippen LogP contribution in [0.25, 0.3) is 11.3 Å². The van der Waals surface area contributed by atoms with E-state index >= 15 is 0 Å². The molecule has 0 saturated carbocycles. The van der Waals surface area contributed by atoms with Gasteiger partial charge in [0, 0.05) is 24.0 Å². The molecule has 0 bridgehead atoms. The van der Waals surface area contributed by atoms with Gasteiger partial charge in [0.05, 0.1) is 11.3 Å². The maximum Gasteiger partial charge on any atom is 0.414 e. The molecule has 4 heterocycles. The van der Waals surface area contributed by atoms with Crippen molar-refractivity contribution in [1.29, 1.82) is 0 Å².